The molecule has 1 rings (SSSR count). The van der Waals surface area contributed by atoms with Crippen molar-refractivity contribution in [3.8, 4) is 0 Å². The monoisotopic (exact) mass is 212 g/mol. The molecule has 0 aliphatic rings. The highest BCUT2D eigenvalue weighted by Gasteiger charge is 2.08. The summed E-state index contributed by atoms with van der Waals surface area (Å²) in [5.74, 6) is -0.188. The normalized spacial score (nSPS) is 12.7. The van der Waals surface area contributed by atoms with Gasteiger partial charge in [0.1, 0.15) is 5.82 Å². The third-order valence-corrected chi connectivity index (χ3v) is 2.23. The van der Waals surface area contributed by atoms with Gasteiger partial charge in [0.2, 0.25) is 0 Å². The second kappa shape index (κ2) is 6.53. The average molecular weight is 212 g/mol. The summed E-state index contributed by atoms with van der Waals surface area (Å²) < 4.78 is 18.1. The van der Waals surface area contributed by atoms with Gasteiger partial charge in [-0.1, -0.05) is 12.1 Å². The molecule has 2 nitrogen and oxygen atoms in total. The van der Waals surface area contributed by atoms with Gasteiger partial charge < -0.3 is 9.84 Å². The second-order valence-corrected chi connectivity index (χ2v) is 3.54. The van der Waals surface area contributed by atoms with Crippen LogP contribution in [0.15, 0.2) is 24.3 Å². The van der Waals surface area contributed by atoms with Crippen LogP contribution in [0.2, 0.25) is 0 Å². The van der Waals surface area contributed by atoms with Gasteiger partial charge in [0, 0.05) is 19.1 Å². The van der Waals surface area contributed by atoms with Crippen LogP contribution in [0.5, 0.6) is 0 Å². The van der Waals surface area contributed by atoms with E-state index in [2.05, 4.69) is 0 Å². The fraction of sp³-hybridized carbons (Fsp3) is 0.500. The maximum absolute atomic E-state index is 12.9. The summed E-state index contributed by atoms with van der Waals surface area (Å²) in [6, 6.07) is 6.45. The first kappa shape index (κ1) is 12.1. The Balaban J connectivity index is 2.50. The van der Waals surface area contributed by atoms with Gasteiger partial charge in [0.25, 0.3) is 0 Å². The third kappa shape index (κ3) is 4.40. The first-order valence-corrected chi connectivity index (χ1v) is 5.19. The van der Waals surface area contributed by atoms with Gasteiger partial charge in [-0.15, -0.1) is 0 Å². The van der Waals surface area contributed by atoms with E-state index in [1.807, 2.05) is 13.0 Å². The molecule has 1 aromatic rings. The van der Waals surface area contributed by atoms with Crippen LogP contribution in [-0.4, -0.2) is 24.9 Å². The lowest BCUT2D eigenvalue weighted by molar-refractivity contribution is 0.0810. The topological polar surface area (TPSA) is 29.5 Å². The molecule has 1 atom stereocenters. The van der Waals surface area contributed by atoms with Crippen LogP contribution in [0.1, 0.15) is 12.5 Å². The molecule has 0 radical (unpaired) electrons. The van der Waals surface area contributed by atoms with Gasteiger partial charge in [0.15, 0.2) is 0 Å². The molecule has 1 N–H and O–H groups in total. The van der Waals surface area contributed by atoms with E-state index >= 15 is 0 Å². The summed E-state index contributed by atoms with van der Waals surface area (Å²) in [5.41, 5.74) is 0.897. The zero-order chi connectivity index (χ0) is 11.1. The van der Waals surface area contributed by atoms with E-state index in [9.17, 15) is 4.39 Å². The fourth-order valence-electron chi connectivity index (χ4n) is 1.46. The molecule has 0 amide bonds. The molecule has 0 aliphatic carbocycles. The van der Waals surface area contributed by atoms with Gasteiger partial charge in [-0.2, -0.15) is 0 Å². The lowest BCUT2D eigenvalue weighted by atomic mass is 10.0. The SMILES string of the molecule is CCOCC(CO)Cc1cccc(F)c1. The van der Waals surface area contributed by atoms with Crippen molar-refractivity contribution in [1.82, 2.24) is 0 Å². The number of hydrogen-bond donors (Lipinski definition) is 1. The Morgan fingerprint density at radius 2 is 2.27 bits per heavy atom. The van der Waals surface area contributed by atoms with Crippen molar-refractivity contribution in [2.45, 2.75) is 13.3 Å². The standard InChI is InChI=1S/C12H17FO2/c1-2-15-9-11(8-14)6-10-4-3-5-12(13)7-10/h3-5,7,11,14H,2,6,8-9H2,1H3. The predicted molar refractivity (Wildman–Crippen MR) is 57.2 cm³/mol. The molecule has 0 aromatic heterocycles. The number of aliphatic hydroxyl groups is 1. The van der Waals surface area contributed by atoms with E-state index in [0.717, 1.165) is 5.56 Å². The zero-order valence-corrected chi connectivity index (χ0v) is 8.95. The van der Waals surface area contributed by atoms with E-state index < -0.39 is 0 Å². The van der Waals surface area contributed by atoms with E-state index in [-0.39, 0.29) is 18.3 Å². The Morgan fingerprint density at radius 3 is 2.87 bits per heavy atom. The van der Waals surface area contributed by atoms with Crippen molar-refractivity contribution in [2.75, 3.05) is 19.8 Å². The quantitative estimate of drug-likeness (QED) is 0.781. The van der Waals surface area contributed by atoms with Crippen LogP contribution >= 0.6 is 0 Å². The van der Waals surface area contributed by atoms with Crippen LogP contribution in [0.25, 0.3) is 0 Å². The summed E-state index contributed by atoms with van der Waals surface area (Å²) in [6.45, 7) is 3.14. The predicted octanol–water partition coefficient (Wildman–Crippen LogP) is 2.01. The Labute approximate surface area is 89.7 Å². The molecule has 0 bridgehead atoms. The number of aliphatic hydroxyl groups excluding tert-OH is 1. The molecular weight excluding hydrogens is 195 g/mol. The van der Waals surface area contributed by atoms with Crippen molar-refractivity contribution in [2.24, 2.45) is 5.92 Å². The number of ether oxygens (including phenoxy) is 1. The summed E-state index contributed by atoms with van der Waals surface area (Å²) >= 11 is 0. The Morgan fingerprint density at radius 1 is 1.47 bits per heavy atom. The highest BCUT2D eigenvalue weighted by atomic mass is 19.1. The van der Waals surface area contributed by atoms with Crippen LogP contribution < -0.4 is 0 Å². The molecular formula is C12H17FO2. The number of benzene rings is 1. The highest BCUT2D eigenvalue weighted by Crippen LogP contribution is 2.10. The van der Waals surface area contributed by atoms with Crippen LogP contribution in [-0.2, 0) is 11.2 Å². The van der Waals surface area contributed by atoms with Crippen molar-refractivity contribution in [3.05, 3.63) is 35.6 Å². The molecule has 0 heterocycles. The van der Waals surface area contributed by atoms with Crippen molar-refractivity contribution in [1.29, 1.82) is 0 Å². The Hall–Kier alpha value is -0.930. The van der Waals surface area contributed by atoms with Gasteiger partial charge >= 0.3 is 0 Å². The maximum Gasteiger partial charge on any atom is 0.123 e. The summed E-state index contributed by atoms with van der Waals surface area (Å²) in [4.78, 5) is 0. The Bertz CT molecular complexity index is 289. The molecule has 1 aromatic carbocycles. The third-order valence-electron chi connectivity index (χ3n) is 2.23. The molecule has 3 heteroatoms. The second-order valence-electron chi connectivity index (χ2n) is 3.54. The van der Waals surface area contributed by atoms with Gasteiger partial charge in [-0.25, -0.2) is 4.39 Å². The van der Waals surface area contributed by atoms with Crippen molar-refractivity contribution < 1.29 is 14.2 Å². The zero-order valence-electron chi connectivity index (χ0n) is 8.95. The average Bonchev–Trinajstić information content (AvgIpc) is 2.24. The summed E-state index contributed by atoms with van der Waals surface area (Å²) in [6.07, 6.45) is 0.647. The Kier molecular flexibility index (Phi) is 5.29. The number of hydrogen-bond acceptors (Lipinski definition) is 2. The molecule has 0 fully saturated rings. The molecule has 1 unspecified atom stereocenters. The molecule has 15 heavy (non-hydrogen) atoms. The maximum atomic E-state index is 12.9. The lowest BCUT2D eigenvalue weighted by Gasteiger charge is -2.13. The molecule has 0 saturated carbocycles. The van der Waals surface area contributed by atoms with Crippen LogP contribution in [0.3, 0.4) is 0 Å². The minimum atomic E-state index is -0.236. The van der Waals surface area contributed by atoms with Gasteiger partial charge in [0.05, 0.1) is 6.61 Å². The van der Waals surface area contributed by atoms with Crippen molar-refractivity contribution in [3.63, 3.8) is 0 Å². The first-order valence-electron chi connectivity index (χ1n) is 5.19. The smallest absolute Gasteiger partial charge is 0.123 e. The van der Waals surface area contributed by atoms with E-state index in [4.69, 9.17) is 9.84 Å². The number of halogens is 1. The molecule has 0 saturated heterocycles. The van der Waals surface area contributed by atoms with E-state index in [0.29, 0.717) is 19.6 Å². The first-order chi connectivity index (χ1) is 7.26. The van der Waals surface area contributed by atoms with Gasteiger partial charge in [-0.3, -0.25) is 0 Å². The molecule has 0 spiro atoms. The summed E-state index contributed by atoms with van der Waals surface area (Å²) in [5, 5.41) is 9.11. The van der Waals surface area contributed by atoms with E-state index in [1.165, 1.54) is 12.1 Å². The van der Waals surface area contributed by atoms with Crippen molar-refractivity contribution >= 4 is 0 Å². The van der Waals surface area contributed by atoms with Crippen LogP contribution in [0, 0.1) is 11.7 Å². The van der Waals surface area contributed by atoms with Gasteiger partial charge in [-0.05, 0) is 31.0 Å². The minimum absolute atomic E-state index is 0.0479. The molecule has 84 valence electrons. The molecule has 0 aliphatic heterocycles. The van der Waals surface area contributed by atoms with E-state index in [1.54, 1.807) is 6.07 Å². The largest absolute Gasteiger partial charge is 0.396 e. The number of rotatable bonds is 6. The highest BCUT2D eigenvalue weighted by molar-refractivity contribution is 5.16. The fourth-order valence-corrected chi connectivity index (χ4v) is 1.46. The van der Waals surface area contributed by atoms with Crippen LogP contribution in [0.4, 0.5) is 4.39 Å². The lowest BCUT2D eigenvalue weighted by Crippen LogP contribution is -2.16. The summed E-state index contributed by atoms with van der Waals surface area (Å²) in [7, 11) is 0. The minimum Gasteiger partial charge on any atom is -0.396 e.